The Morgan fingerprint density at radius 1 is 1.03 bits per heavy atom. The van der Waals surface area contributed by atoms with E-state index in [2.05, 4.69) is 0 Å². The minimum Gasteiger partial charge on any atom is -0.496 e. The normalized spacial score (nSPS) is 13.9. The number of benzene rings is 2. The van der Waals surface area contributed by atoms with Crippen LogP contribution in [0.1, 0.15) is 17.5 Å². The summed E-state index contributed by atoms with van der Waals surface area (Å²) in [4.78, 5) is 14.3. The summed E-state index contributed by atoms with van der Waals surface area (Å²) < 4.78 is 16.4. The molecule has 1 heterocycles. The molecule has 0 N–H and O–H groups in total. The fraction of sp³-hybridized carbons (Fsp3) is 0.261. The standard InChI is InChI=1S/C23H24ClNO4/c1-27-19-14-20(28-2)23(21(15-19)29-3)17-10-12-25(13-11-17)22(26)9-6-16-4-7-18(24)8-5-16/h4-10,14-15H,11-13H2,1-3H3/b9-6+. The molecule has 0 aliphatic carbocycles. The molecule has 3 rings (SSSR count). The monoisotopic (exact) mass is 413 g/mol. The van der Waals surface area contributed by atoms with Crippen molar-refractivity contribution in [3.8, 4) is 17.2 Å². The minimum atomic E-state index is -0.0242. The van der Waals surface area contributed by atoms with Crippen LogP contribution in [0.4, 0.5) is 0 Å². The fourth-order valence-corrected chi connectivity index (χ4v) is 3.39. The lowest BCUT2D eigenvalue weighted by Crippen LogP contribution is -2.33. The third-order valence-corrected chi connectivity index (χ3v) is 5.10. The van der Waals surface area contributed by atoms with Gasteiger partial charge in [-0.15, -0.1) is 0 Å². The summed E-state index contributed by atoms with van der Waals surface area (Å²) >= 11 is 5.89. The lowest BCUT2D eigenvalue weighted by atomic mass is 9.97. The van der Waals surface area contributed by atoms with Gasteiger partial charge in [0.05, 0.1) is 26.9 Å². The second-order valence-corrected chi connectivity index (χ2v) is 6.99. The number of rotatable bonds is 6. The summed E-state index contributed by atoms with van der Waals surface area (Å²) in [6.45, 7) is 1.14. The number of carbonyl (C=O) groups excluding carboxylic acids is 1. The highest BCUT2D eigenvalue weighted by molar-refractivity contribution is 6.30. The van der Waals surface area contributed by atoms with Crippen molar-refractivity contribution in [1.82, 2.24) is 4.90 Å². The van der Waals surface area contributed by atoms with Gasteiger partial charge in [0.15, 0.2) is 0 Å². The average Bonchev–Trinajstić information content (AvgIpc) is 2.77. The van der Waals surface area contributed by atoms with E-state index in [0.717, 1.165) is 16.7 Å². The largest absolute Gasteiger partial charge is 0.496 e. The number of carbonyl (C=O) groups is 1. The molecule has 2 aromatic carbocycles. The Labute approximate surface area is 176 Å². The SMILES string of the molecule is COc1cc(OC)c(C2=CCN(C(=O)/C=C/c3ccc(Cl)cc3)CC2)c(OC)c1. The molecule has 0 radical (unpaired) electrons. The Morgan fingerprint density at radius 2 is 1.69 bits per heavy atom. The second-order valence-electron chi connectivity index (χ2n) is 6.56. The molecule has 0 bridgehead atoms. The van der Waals surface area contributed by atoms with Gasteiger partial charge in [-0.25, -0.2) is 0 Å². The van der Waals surface area contributed by atoms with Crippen molar-refractivity contribution in [2.45, 2.75) is 6.42 Å². The van der Waals surface area contributed by atoms with Gasteiger partial charge in [-0.05, 0) is 35.8 Å². The van der Waals surface area contributed by atoms with Crippen molar-refractivity contribution < 1.29 is 19.0 Å². The zero-order valence-corrected chi connectivity index (χ0v) is 17.5. The first-order valence-corrected chi connectivity index (χ1v) is 9.65. The van der Waals surface area contributed by atoms with Crippen LogP contribution in [0.5, 0.6) is 17.2 Å². The molecule has 2 aromatic rings. The number of amides is 1. The molecule has 0 unspecified atom stereocenters. The van der Waals surface area contributed by atoms with Crippen LogP contribution in [-0.4, -0.2) is 45.2 Å². The molecule has 29 heavy (non-hydrogen) atoms. The van der Waals surface area contributed by atoms with Crippen LogP contribution in [0.25, 0.3) is 11.6 Å². The third-order valence-electron chi connectivity index (χ3n) is 4.85. The summed E-state index contributed by atoms with van der Waals surface area (Å²) in [5.74, 6) is 2.02. The zero-order chi connectivity index (χ0) is 20.8. The predicted molar refractivity (Wildman–Crippen MR) is 116 cm³/mol. The average molecular weight is 414 g/mol. The summed E-state index contributed by atoms with van der Waals surface area (Å²) in [7, 11) is 4.85. The zero-order valence-electron chi connectivity index (χ0n) is 16.8. The number of methoxy groups -OCH3 is 3. The topological polar surface area (TPSA) is 48.0 Å². The van der Waals surface area contributed by atoms with E-state index in [1.165, 1.54) is 0 Å². The van der Waals surface area contributed by atoms with Gasteiger partial charge >= 0.3 is 0 Å². The fourth-order valence-electron chi connectivity index (χ4n) is 3.27. The van der Waals surface area contributed by atoms with Crippen LogP contribution in [0.15, 0.2) is 48.6 Å². The lowest BCUT2D eigenvalue weighted by Gasteiger charge is -2.27. The molecule has 6 heteroatoms. The van der Waals surface area contributed by atoms with Crippen LogP contribution < -0.4 is 14.2 Å². The Balaban J connectivity index is 1.75. The van der Waals surface area contributed by atoms with Crippen LogP contribution in [0, 0.1) is 0 Å². The maximum absolute atomic E-state index is 12.5. The molecule has 152 valence electrons. The van der Waals surface area contributed by atoms with Gasteiger partial charge in [0.1, 0.15) is 17.2 Å². The van der Waals surface area contributed by atoms with Crippen LogP contribution in [0.3, 0.4) is 0 Å². The van der Waals surface area contributed by atoms with Crippen LogP contribution in [0.2, 0.25) is 5.02 Å². The van der Waals surface area contributed by atoms with E-state index in [-0.39, 0.29) is 5.91 Å². The number of ether oxygens (including phenoxy) is 3. The third kappa shape index (κ3) is 4.93. The highest BCUT2D eigenvalue weighted by Gasteiger charge is 2.22. The van der Waals surface area contributed by atoms with E-state index >= 15 is 0 Å². The second kappa shape index (κ2) is 9.52. The van der Waals surface area contributed by atoms with Crippen molar-refractivity contribution in [2.75, 3.05) is 34.4 Å². The molecule has 1 aliphatic rings. The number of hydrogen-bond acceptors (Lipinski definition) is 4. The summed E-state index contributed by atoms with van der Waals surface area (Å²) in [6.07, 6.45) is 6.15. The minimum absolute atomic E-state index is 0.0242. The first-order chi connectivity index (χ1) is 14.0. The predicted octanol–water partition coefficient (Wildman–Crippen LogP) is 4.69. The highest BCUT2D eigenvalue weighted by atomic mass is 35.5. The Kier molecular flexibility index (Phi) is 6.83. The lowest BCUT2D eigenvalue weighted by molar-refractivity contribution is -0.125. The molecule has 0 atom stereocenters. The molecule has 0 spiro atoms. The van der Waals surface area contributed by atoms with E-state index in [9.17, 15) is 4.79 Å². The maximum Gasteiger partial charge on any atom is 0.246 e. The van der Waals surface area contributed by atoms with Crippen molar-refractivity contribution >= 4 is 29.2 Å². The first kappa shape index (κ1) is 20.8. The molecular formula is C23H24ClNO4. The Hall–Kier alpha value is -2.92. The molecule has 0 aromatic heterocycles. The summed E-state index contributed by atoms with van der Waals surface area (Å²) in [5.41, 5.74) is 2.93. The number of halogens is 1. The van der Waals surface area contributed by atoms with Crippen LogP contribution >= 0.6 is 11.6 Å². The summed E-state index contributed by atoms with van der Waals surface area (Å²) in [6, 6.07) is 11.0. The number of nitrogens with zero attached hydrogens (tertiary/aromatic N) is 1. The van der Waals surface area contributed by atoms with Crippen molar-refractivity contribution in [1.29, 1.82) is 0 Å². The molecule has 1 amide bonds. The van der Waals surface area contributed by atoms with Gasteiger partial charge < -0.3 is 19.1 Å². The highest BCUT2D eigenvalue weighted by Crippen LogP contribution is 2.40. The van der Waals surface area contributed by atoms with E-state index in [0.29, 0.717) is 41.8 Å². The van der Waals surface area contributed by atoms with E-state index in [1.807, 2.05) is 30.3 Å². The van der Waals surface area contributed by atoms with Gasteiger partial charge in [-0.2, -0.15) is 0 Å². The van der Waals surface area contributed by atoms with E-state index < -0.39 is 0 Å². The van der Waals surface area contributed by atoms with Gasteiger partial charge in [-0.1, -0.05) is 29.8 Å². The first-order valence-electron chi connectivity index (χ1n) is 9.27. The van der Waals surface area contributed by atoms with Crippen molar-refractivity contribution in [3.05, 3.63) is 64.7 Å². The maximum atomic E-state index is 12.5. The molecule has 5 nitrogen and oxygen atoms in total. The summed E-state index contributed by atoms with van der Waals surface area (Å²) in [5, 5.41) is 0.673. The van der Waals surface area contributed by atoms with Gasteiger partial charge in [-0.3, -0.25) is 4.79 Å². The number of hydrogen-bond donors (Lipinski definition) is 0. The quantitative estimate of drug-likeness (QED) is 0.644. The Morgan fingerprint density at radius 3 is 2.21 bits per heavy atom. The van der Waals surface area contributed by atoms with E-state index in [1.54, 1.807) is 50.5 Å². The van der Waals surface area contributed by atoms with E-state index in [4.69, 9.17) is 25.8 Å². The molecule has 0 saturated heterocycles. The van der Waals surface area contributed by atoms with Gasteiger partial charge in [0.25, 0.3) is 0 Å². The van der Waals surface area contributed by atoms with Crippen molar-refractivity contribution in [2.24, 2.45) is 0 Å². The Bertz CT molecular complexity index is 909. The molecule has 0 saturated carbocycles. The molecular weight excluding hydrogens is 390 g/mol. The van der Waals surface area contributed by atoms with Gasteiger partial charge in [0, 0.05) is 36.3 Å². The smallest absolute Gasteiger partial charge is 0.246 e. The van der Waals surface area contributed by atoms with Crippen molar-refractivity contribution in [3.63, 3.8) is 0 Å². The molecule has 0 fully saturated rings. The van der Waals surface area contributed by atoms with Crippen LogP contribution in [-0.2, 0) is 4.79 Å². The van der Waals surface area contributed by atoms with Gasteiger partial charge in [0.2, 0.25) is 5.91 Å². The molecule has 1 aliphatic heterocycles.